The van der Waals surface area contributed by atoms with Gasteiger partial charge < -0.3 is 10.0 Å². The molecule has 0 bridgehead atoms. The van der Waals surface area contributed by atoms with Gasteiger partial charge in [0.15, 0.2) is 9.84 Å². The number of carbonyl (C=O) groups is 1. The Morgan fingerprint density at radius 3 is 2.75 bits per heavy atom. The van der Waals surface area contributed by atoms with E-state index in [9.17, 15) is 13.2 Å². The molecule has 0 aromatic carbocycles. The van der Waals surface area contributed by atoms with Gasteiger partial charge in [-0.2, -0.15) is 0 Å². The molecule has 0 spiro atoms. The fourth-order valence-corrected chi connectivity index (χ4v) is 3.10. The van der Waals surface area contributed by atoms with Gasteiger partial charge in [-0.05, 0) is 6.07 Å². The van der Waals surface area contributed by atoms with Crippen LogP contribution in [0.15, 0.2) is 18.5 Å². The molecule has 0 radical (unpaired) electrons. The molecular weight excluding hydrogens is 280 g/mol. The third-order valence-corrected chi connectivity index (χ3v) is 4.59. The lowest BCUT2D eigenvalue weighted by Gasteiger charge is -2.27. The molecule has 2 heterocycles. The van der Waals surface area contributed by atoms with Crippen molar-refractivity contribution in [3.05, 3.63) is 29.6 Å². The second-order valence-electron chi connectivity index (χ2n) is 4.33. The van der Waals surface area contributed by atoms with Gasteiger partial charge in [0.25, 0.3) is 5.91 Å². The molecule has 6 nitrogen and oxygen atoms in total. The van der Waals surface area contributed by atoms with Crippen molar-refractivity contribution in [2.75, 3.05) is 31.2 Å². The van der Waals surface area contributed by atoms with Crippen molar-refractivity contribution in [3.8, 4) is 11.8 Å². The minimum absolute atomic E-state index is 0.0124. The lowest BCUT2D eigenvalue weighted by atomic mass is 10.1. The van der Waals surface area contributed by atoms with Crippen LogP contribution in [0.2, 0.25) is 0 Å². The Kier molecular flexibility index (Phi) is 4.37. The van der Waals surface area contributed by atoms with E-state index >= 15 is 0 Å². The number of carbonyl (C=O) groups excluding carboxylic acids is 1. The molecule has 1 aromatic heterocycles. The minimum Gasteiger partial charge on any atom is -0.384 e. The molecule has 0 aliphatic carbocycles. The predicted octanol–water partition coefficient (Wildman–Crippen LogP) is -0.704. The summed E-state index contributed by atoms with van der Waals surface area (Å²) in [6.45, 7) is 0.0806. The largest absolute Gasteiger partial charge is 0.384 e. The summed E-state index contributed by atoms with van der Waals surface area (Å²) in [6.07, 6.45) is 2.94. The second kappa shape index (κ2) is 6.03. The first kappa shape index (κ1) is 14.5. The fraction of sp³-hybridized carbons (Fsp3) is 0.385. The molecule has 0 atom stereocenters. The number of aliphatic hydroxyl groups is 1. The van der Waals surface area contributed by atoms with Crippen molar-refractivity contribution in [3.63, 3.8) is 0 Å². The van der Waals surface area contributed by atoms with Crippen LogP contribution in [0.4, 0.5) is 0 Å². The van der Waals surface area contributed by atoms with Crippen molar-refractivity contribution >= 4 is 15.7 Å². The summed E-state index contributed by atoms with van der Waals surface area (Å²) < 4.78 is 22.7. The molecule has 7 heteroatoms. The van der Waals surface area contributed by atoms with E-state index < -0.39 is 9.84 Å². The van der Waals surface area contributed by atoms with E-state index in [0.29, 0.717) is 11.1 Å². The lowest BCUT2D eigenvalue weighted by molar-refractivity contribution is 0.0770. The second-order valence-corrected chi connectivity index (χ2v) is 6.63. The van der Waals surface area contributed by atoms with Crippen molar-refractivity contribution in [1.29, 1.82) is 0 Å². The molecule has 1 N–H and O–H groups in total. The van der Waals surface area contributed by atoms with Crippen LogP contribution in [0.25, 0.3) is 0 Å². The Morgan fingerprint density at radius 2 is 2.10 bits per heavy atom. The SMILES string of the molecule is O=C(c1ccncc1C#CCO)N1CCS(=O)(=O)CC1. The van der Waals surface area contributed by atoms with Gasteiger partial charge in [-0.1, -0.05) is 11.8 Å². The lowest BCUT2D eigenvalue weighted by Crippen LogP contribution is -2.43. The van der Waals surface area contributed by atoms with E-state index in [-0.39, 0.29) is 37.1 Å². The highest BCUT2D eigenvalue weighted by molar-refractivity contribution is 7.91. The molecule has 1 amide bonds. The van der Waals surface area contributed by atoms with Crippen LogP contribution in [0.1, 0.15) is 15.9 Å². The van der Waals surface area contributed by atoms with Crippen molar-refractivity contribution in [2.45, 2.75) is 0 Å². The van der Waals surface area contributed by atoms with Crippen LogP contribution in [-0.4, -0.2) is 60.5 Å². The predicted molar refractivity (Wildman–Crippen MR) is 72.8 cm³/mol. The van der Waals surface area contributed by atoms with Crippen LogP contribution in [0, 0.1) is 11.8 Å². The highest BCUT2D eigenvalue weighted by Crippen LogP contribution is 2.12. The van der Waals surface area contributed by atoms with E-state index in [1.54, 1.807) is 6.07 Å². The number of hydrogen-bond donors (Lipinski definition) is 1. The number of aliphatic hydroxyl groups excluding tert-OH is 1. The normalized spacial score (nSPS) is 17.1. The Morgan fingerprint density at radius 1 is 1.40 bits per heavy atom. The number of rotatable bonds is 1. The number of sulfone groups is 1. The molecule has 0 saturated carbocycles. The molecule has 1 fully saturated rings. The standard InChI is InChI=1S/C13H14N2O4S/c16-7-1-2-11-10-14-4-3-12(11)13(17)15-5-8-20(18,19)9-6-15/h3-4,10,16H,5-9H2. The zero-order chi connectivity index (χ0) is 14.6. The third-order valence-electron chi connectivity index (χ3n) is 2.99. The van der Waals surface area contributed by atoms with E-state index in [2.05, 4.69) is 16.8 Å². The summed E-state index contributed by atoms with van der Waals surface area (Å²) in [6, 6.07) is 1.55. The van der Waals surface area contributed by atoms with Gasteiger partial charge in [-0.15, -0.1) is 0 Å². The zero-order valence-electron chi connectivity index (χ0n) is 10.7. The van der Waals surface area contributed by atoms with Gasteiger partial charge >= 0.3 is 0 Å². The number of nitrogens with zero attached hydrogens (tertiary/aromatic N) is 2. The van der Waals surface area contributed by atoms with E-state index in [1.165, 1.54) is 17.3 Å². The molecular formula is C13H14N2O4S. The average Bonchev–Trinajstić information content (AvgIpc) is 2.45. The maximum absolute atomic E-state index is 12.4. The molecule has 1 saturated heterocycles. The van der Waals surface area contributed by atoms with Gasteiger partial charge in [0.2, 0.25) is 0 Å². The number of hydrogen-bond acceptors (Lipinski definition) is 5. The maximum Gasteiger partial charge on any atom is 0.255 e. The summed E-state index contributed by atoms with van der Waals surface area (Å²) in [4.78, 5) is 17.8. The van der Waals surface area contributed by atoms with Crippen molar-refractivity contribution in [1.82, 2.24) is 9.88 Å². The Balaban J connectivity index is 2.22. The summed E-state index contributed by atoms with van der Waals surface area (Å²) in [5.74, 6) is 4.86. The van der Waals surface area contributed by atoms with Gasteiger partial charge in [-0.25, -0.2) is 8.42 Å². The van der Waals surface area contributed by atoms with Crippen LogP contribution in [-0.2, 0) is 9.84 Å². The summed E-state index contributed by atoms with van der Waals surface area (Å²) in [5.41, 5.74) is 0.806. The van der Waals surface area contributed by atoms with Crippen molar-refractivity contribution in [2.24, 2.45) is 0 Å². The minimum atomic E-state index is -3.02. The van der Waals surface area contributed by atoms with Crippen LogP contribution in [0.5, 0.6) is 0 Å². The van der Waals surface area contributed by atoms with Crippen molar-refractivity contribution < 1.29 is 18.3 Å². The number of amides is 1. The van der Waals surface area contributed by atoms with Gasteiger partial charge in [0.1, 0.15) is 6.61 Å². The van der Waals surface area contributed by atoms with E-state index in [4.69, 9.17) is 5.11 Å². The monoisotopic (exact) mass is 294 g/mol. The highest BCUT2D eigenvalue weighted by atomic mass is 32.2. The molecule has 1 aliphatic rings. The molecule has 1 aliphatic heterocycles. The molecule has 2 rings (SSSR count). The number of aromatic nitrogens is 1. The first-order valence-electron chi connectivity index (χ1n) is 6.07. The average molecular weight is 294 g/mol. The Hall–Kier alpha value is -1.91. The van der Waals surface area contributed by atoms with Gasteiger partial charge in [0.05, 0.1) is 22.6 Å². The maximum atomic E-state index is 12.4. The zero-order valence-corrected chi connectivity index (χ0v) is 11.6. The summed E-state index contributed by atoms with van der Waals surface area (Å²) in [5, 5.41) is 8.71. The molecule has 106 valence electrons. The fourth-order valence-electron chi connectivity index (χ4n) is 1.90. The van der Waals surface area contributed by atoms with Crippen LogP contribution < -0.4 is 0 Å². The summed E-state index contributed by atoms with van der Waals surface area (Å²) in [7, 11) is -3.02. The van der Waals surface area contributed by atoms with Gasteiger partial charge in [-0.3, -0.25) is 9.78 Å². The quantitative estimate of drug-likeness (QED) is 0.692. The Labute approximate surface area is 117 Å². The summed E-state index contributed by atoms with van der Waals surface area (Å²) >= 11 is 0. The Bertz CT molecular complexity index is 659. The first-order valence-corrected chi connectivity index (χ1v) is 7.89. The molecule has 1 aromatic rings. The van der Waals surface area contributed by atoms with Crippen LogP contribution in [0.3, 0.4) is 0 Å². The van der Waals surface area contributed by atoms with E-state index in [0.717, 1.165) is 0 Å². The molecule has 20 heavy (non-hydrogen) atoms. The highest BCUT2D eigenvalue weighted by Gasteiger charge is 2.26. The third kappa shape index (κ3) is 3.35. The van der Waals surface area contributed by atoms with Gasteiger partial charge in [0, 0.05) is 25.5 Å². The molecule has 0 unspecified atom stereocenters. The topological polar surface area (TPSA) is 87.6 Å². The van der Waals surface area contributed by atoms with E-state index in [1.807, 2.05) is 0 Å². The first-order chi connectivity index (χ1) is 9.53. The van der Waals surface area contributed by atoms with Crippen LogP contribution >= 0.6 is 0 Å². The smallest absolute Gasteiger partial charge is 0.255 e. The number of pyridine rings is 1.